The second kappa shape index (κ2) is 5.85. The molecule has 4 heteroatoms. The average Bonchev–Trinajstić information content (AvgIpc) is 2.24. The molecule has 0 heterocycles. The molecule has 1 aromatic rings. The molecule has 1 aromatic carbocycles. The Hall–Kier alpha value is -1.91. The average molecular weight is 230 g/mol. The van der Waals surface area contributed by atoms with Gasteiger partial charge < -0.3 is 5.73 Å². The van der Waals surface area contributed by atoms with E-state index in [1.807, 2.05) is 6.07 Å². The number of hydrogen-bond acceptors (Lipinski definition) is 4. The van der Waals surface area contributed by atoms with Gasteiger partial charge in [-0.25, -0.2) is 0 Å². The van der Waals surface area contributed by atoms with Crippen LogP contribution < -0.4 is 5.73 Å². The Labute approximate surface area is 98.6 Å². The van der Waals surface area contributed by atoms with Gasteiger partial charge in [-0.15, -0.1) is 0 Å². The molecule has 16 heavy (non-hydrogen) atoms. The lowest BCUT2D eigenvalue weighted by Crippen LogP contribution is -1.90. The van der Waals surface area contributed by atoms with E-state index in [1.165, 1.54) is 18.7 Å². The fourth-order valence-corrected chi connectivity index (χ4v) is 1.37. The predicted octanol–water partition coefficient (Wildman–Crippen LogP) is 1.77. The number of carbonyl (C=O) groups excluding carboxylic acids is 1. The van der Waals surface area contributed by atoms with Crippen molar-refractivity contribution in [1.82, 2.24) is 0 Å². The van der Waals surface area contributed by atoms with Gasteiger partial charge >= 0.3 is 0 Å². The number of benzene rings is 1. The van der Waals surface area contributed by atoms with E-state index >= 15 is 0 Å². The van der Waals surface area contributed by atoms with Crippen molar-refractivity contribution in [1.29, 1.82) is 5.26 Å². The Bertz CT molecular complexity index is 506. The van der Waals surface area contributed by atoms with Crippen LogP contribution in [0.5, 0.6) is 0 Å². The summed E-state index contributed by atoms with van der Waals surface area (Å²) in [5.41, 5.74) is 7.26. The number of nitrogens with two attached hydrogens (primary N) is 1. The van der Waals surface area contributed by atoms with Crippen LogP contribution in [0.15, 0.2) is 18.2 Å². The summed E-state index contributed by atoms with van der Waals surface area (Å²) >= 11 is 1.17. The molecular formula is C12H10N2OS. The first-order valence-corrected chi connectivity index (χ1v) is 5.54. The predicted molar refractivity (Wildman–Crippen MR) is 65.6 cm³/mol. The number of hydrogen-bond donors (Lipinski definition) is 1. The summed E-state index contributed by atoms with van der Waals surface area (Å²) in [5.74, 6) is 6.20. The Morgan fingerprint density at radius 1 is 1.56 bits per heavy atom. The number of thioether (sulfide) groups is 1. The van der Waals surface area contributed by atoms with E-state index in [0.29, 0.717) is 17.0 Å². The maximum absolute atomic E-state index is 10.6. The smallest absolute Gasteiger partial charge is 0.186 e. The van der Waals surface area contributed by atoms with Crippen LogP contribution in [0.25, 0.3) is 0 Å². The minimum Gasteiger partial charge on any atom is -0.398 e. The molecule has 3 nitrogen and oxygen atoms in total. The molecule has 0 saturated heterocycles. The Kier molecular flexibility index (Phi) is 4.44. The van der Waals surface area contributed by atoms with Crippen molar-refractivity contribution in [3.63, 3.8) is 0 Å². The number of nitriles is 1. The van der Waals surface area contributed by atoms with Crippen LogP contribution in [0.4, 0.5) is 5.69 Å². The quantitative estimate of drug-likeness (QED) is 0.589. The lowest BCUT2D eigenvalue weighted by molar-refractivity contribution is -0.109. The molecule has 0 aliphatic heterocycles. The molecule has 0 fully saturated rings. The van der Waals surface area contributed by atoms with E-state index < -0.39 is 0 Å². The fraction of sp³-hybridized carbons (Fsp3) is 0.167. The van der Waals surface area contributed by atoms with Gasteiger partial charge in [0.2, 0.25) is 0 Å². The summed E-state index contributed by atoms with van der Waals surface area (Å²) in [6, 6.07) is 7.01. The van der Waals surface area contributed by atoms with Gasteiger partial charge in [0.05, 0.1) is 17.0 Å². The molecule has 0 amide bonds. The maximum atomic E-state index is 10.6. The molecule has 1 rings (SSSR count). The van der Waals surface area contributed by atoms with Crippen LogP contribution in [-0.2, 0) is 4.79 Å². The molecule has 0 bridgehead atoms. The van der Waals surface area contributed by atoms with E-state index in [4.69, 9.17) is 11.0 Å². The minimum atomic E-state index is 0.0497. The third-order valence-electron chi connectivity index (χ3n) is 1.75. The molecule has 0 aliphatic carbocycles. The van der Waals surface area contributed by atoms with Crippen LogP contribution >= 0.6 is 11.8 Å². The monoisotopic (exact) mass is 230 g/mol. The summed E-state index contributed by atoms with van der Waals surface area (Å²) in [4.78, 5) is 10.6. The molecule has 0 aromatic heterocycles. The van der Waals surface area contributed by atoms with Gasteiger partial charge in [-0.2, -0.15) is 5.26 Å². The van der Waals surface area contributed by atoms with Gasteiger partial charge in [-0.1, -0.05) is 23.6 Å². The third-order valence-corrected chi connectivity index (χ3v) is 2.45. The summed E-state index contributed by atoms with van der Waals surface area (Å²) in [6.07, 6.45) is 0. The first-order valence-electron chi connectivity index (χ1n) is 4.55. The highest BCUT2D eigenvalue weighted by molar-refractivity contribution is 8.13. The van der Waals surface area contributed by atoms with Gasteiger partial charge in [0.25, 0.3) is 0 Å². The zero-order chi connectivity index (χ0) is 12.0. The molecule has 0 unspecified atom stereocenters. The van der Waals surface area contributed by atoms with Crippen LogP contribution in [0.3, 0.4) is 0 Å². The molecule has 2 N–H and O–H groups in total. The number of rotatable bonds is 1. The first kappa shape index (κ1) is 12.2. The van der Waals surface area contributed by atoms with E-state index in [9.17, 15) is 4.79 Å². The highest BCUT2D eigenvalue weighted by atomic mass is 32.2. The summed E-state index contributed by atoms with van der Waals surface area (Å²) in [5, 5.41) is 8.73. The van der Waals surface area contributed by atoms with Crippen molar-refractivity contribution in [2.75, 3.05) is 11.5 Å². The second-order valence-electron chi connectivity index (χ2n) is 3.00. The van der Waals surface area contributed by atoms with Gasteiger partial charge in [0.15, 0.2) is 5.12 Å². The summed E-state index contributed by atoms with van der Waals surface area (Å²) in [6.45, 7) is 1.51. The number of nitrogen functional groups attached to an aromatic ring is 1. The van der Waals surface area contributed by atoms with E-state index in [2.05, 4.69) is 11.8 Å². The van der Waals surface area contributed by atoms with Crippen LogP contribution in [-0.4, -0.2) is 10.9 Å². The van der Waals surface area contributed by atoms with Gasteiger partial charge in [-0.3, -0.25) is 4.79 Å². The zero-order valence-electron chi connectivity index (χ0n) is 8.78. The van der Waals surface area contributed by atoms with Crippen molar-refractivity contribution in [3.05, 3.63) is 29.3 Å². The SMILES string of the molecule is CC(=O)SCC#Cc1ccc(C#N)c(N)c1. The van der Waals surface area contributed by atoms with E-state index in [1.54, 1.807) is 18.2 Å². The second-order valence-corrected chi connectivity index (χ2v) is 4.15. The molecule has 0 radical (unpaired) electrons. The molecule has 0 aliphatic rings. The standard InChI is InChI=1S/C12H10N2OS/c1-9(15)16-6-2-3-10-4-5-11(8-13)12(14)7-10/h4-5,7H,6,14H2,1H3. The van der Waals surface area contributed by atoms with Crippen molar-refractivity contribution in [2.24, 2.45) is 0 Å². The first-order chi connectivity index (χ1) is 7.63. The molecule has 80 valence electrons. The lowest BCUT2D eigenvalue weighted by Gasteiger charge is -1.96. The highest BCUT2D eigenvalue weighted by Crippen LogP contribution is 2.12. The maximum Gasteiger partial charge on any atom is 0.186 e. The van der Waals surface area contributed by atoms with E-state index in [-0.39, 0.29) is 5.12 Å². The van der Waals surface area contributed by atoms with Crippen molar-refractivity contribution < 1.29 is 4.79 Å². The van der Waals surface area contributed by atoms with Crippen molar-refractivity contribution in [2.45, 2.75) is 6.92 Å². The van der Waals surface area contributed by atoms with Gasteiger partial charge in [-0.05, 0) is 18.2 Å². The van der Waals surface area contributed by atoms with Crippen molar-refractivity contribution in [3.8, 4) is 17.9 Å². The molecular weight excluding hydrogens is 220 g/mol. The summed E-state index contributed by atoms with van der Waals surface area (Å²) in [7, 11) is 0. The Morgan fingerprint density at radius 3 is 2.88 bits per heavy atom. The number of nitrogens with zero attached hydrogens (tertiary/aromatic N) is 1. The third kappa shape index (κ3) is 3.68. The fourth-order valence-electron chi connectivity index (χ4n) is 1.02. The van der Waals surface area contributed by atoms with Crippen molar-refractivity contribution >= 4 is 22.6 Å². The number of anilines is 1. The normalized spacial score (nSPS) is 8.75. The molecule has 0 saturated carbocycles. The van der Waals surface area contributed by atoms with Crippen LogP contribution in [0.2, 0.25) is 0 Å². The van der Waals surface area contributed by atoms with Gasteiger partial charge in [0, 0.05) is 12.5 Å². The number of carbonyl (C=O) groups is 1. The topological polar surface area (TPSA) is 66.9 Å². The highest BCUT2D eigenvalue weighted by Gasteiger charge is 1.97. The largest absolute Gasteiger partial charge is 0.398 e. The van der Waals surface area contributed by atoms with E-state index in [0.717, 1.165) is 5.56 Å². The van der Waals surface area contributed by atoms with Crippen LogP contribution in [0.1, 0.15) is 18.1 Å². The summed E-state index contributed by atoms with van der Waals surface area (Å²) < 4.78 is 0. The lowest BCUT2D eigenvalue weighted by atomic mass is 10.1. The van der Waals surface area contributed by atoms with Crippen LogP contribution in [0, 0.1) is 23.2 Å². The minimum absolute atomic E-state index is 0.0497. The molecule has 0 spiro atoms. The Morgan fingerprint density at radius 2 is 2.31 bits per heavy atom. The zero-order valence-corrected chi connectivity index (χ0v) is 9.60. The molecule has 0 atom stereocenters. The Balaban J connectivity index is 2.72. The van der Waals surface area contributed by atoms with Gasteiger partial charge in [0.1, 0.15) is 6.07 Å².